The topological polar surface area (TPSA) is 64.5 Å². The highest BCUT2D eigenvalue weighted by molar-refractivity contribution is 6.30. The SMILES string of the molecule is COc1cccc(C(=O)N2CCCC(Oc3ncc(Cl)cn3)C2)c1. The molecule has 6 nitrogen and oxygen atoms in total. The summed E-state index contributed by atoms with van der Waals surface area (Å²) in [5, 5.41) is 0.459. The highest BCUT2D eigenvalue weighted by Gasteiger charge is 2.26. The summed E-state index contributed by atoms with van der Waals surface area (Å²) in [6.07, 6.45) is 4.58. The van der Waals surface area contributed by atoms with E-state index in [2.05, 4.69) is 9.97 Å². The van der Waals surface area contributed by atoms with E-state index in [1.54, 1.807) is 24.1 Å². The molecule has 1 saturated heterocycles. The van der Waals surface area contributed by atoms with Crippen LogP contribution in [0.25, 0.3) is 0 Å². The fourth-order valence-electron chi connectivity index (χ4n) is 2.67. The Labute approximate surface area is 145 Å². The lowest BCUT2D eigenvalue weighted by Crippen LogP contribution is -2.44. The summed E-state index contributed by atoms with van der Waals surface area (Å²) in [5.74, 6) is 0.638. The van der Waals surface area contributed by atoms with Gasteiger partial charge in [-0.3, -0.25) is 4.79 Å². The second kappa shape index (κ2) is 7.49. The summed E-state index contributed by atoms with van der Waals surface area (Å²) in [5.41, 5.74) is 0.609. The fraction of sp³-hybridized carbons (Fsp3) is 0.353. The van der Waals surface area contributed by atoms with Crippen LogP contribution in [0.1, 0.15) is 23.2 Å². The maximum absolute atomic E-state index is 12.7. The van der Waals surface area contributed by atoms with Crippen molar-refractivity contribution < 1.29 is 14.3 Å². The predicted octanol–water partition coefficient (Wildman–Crippen LogP) is 2.82. The van der Waals surface area contributed by atoms with Crippen LogP contribution in [-0.4, -0.2) is 47.1 Å². The van der Waals surface area contributed by atoms with Crippen molar-refractivity contribution in [2.75, 3.05) is 20.2 Å². The number of ether oxygens (including phenoxy) is 2. The van der Waals surface area contributed by atoms with E-state index in [0.717, 1.165) is 12.8 Å². The van der Waals surface area contributed by atoms with Gasteiger partial charge >= 0.3 is 6.01 Å². The molecule has 0 N–H and O–H groups in total. The minimum atomic E-state index is -0.130. The second-order valence-electron chi connectivity index (χ2n) is 5.55. The quantitative estimate of drug-likeness (QED) is 0.851. The molecule has 1 aromatic carbocycles. The summed E-state index contributed by atoms with van der Waals surface area (Å²) < 4.78 is 11.0. The average molecular weight is 348 g/mol. The largest absolute Gasteiger partial charge is 0.497 e. The highest BCUT2D eigenvalue weighted by Crippen LogP contribution is 2.20. The number of nitrogens with zero attached hydrogens (tertiary/aromatic N) is 3. The number of aromatic nitrogens is 2. The Kier molecular flexibility index (Phi) is 5.15. The molecule has 2 heterocycles. The molecule has 126 valence electrons. The van der Waals surface area contributed by atoms with E-state index in [1.807, 2.05) is 12.1 Å². The first kappa shape index (κ1) is 16.5. The van der Waals surface area contributed by atoms with E-state index in [9.17, 15) is 4.79 Å². The van der Waals surface area contributed by atoms with Crippen LogP contribution < -0.4 is 9.47 Å². The number of piperidine rings is 1. The molecule has 2 aromatic rings. The number of rotatable bonds is 4. The molecular formula is C17H18ClN3O3. The third kappa shape index (κ3) is 3.94. The van der Waals surface area contributed by atoms with Gasteiger partial charge in [0.1, 0.15) is 11.9 Å². The van der Waals surface area contributed by atoms with Crippen LogP contribution in [0.5, 0.6) is 11.8 Å². The van der Waals surface area contributed by atoms with Crippen molar-refractivity contribution in [3.8, 4) is 11.8 Å². The number of carbonyl (C=O) groups excluding carboxylic acids is 1. The van der Waals surface area contributed by atoms with E-state index in [4.69, 9.17) is 21.1 Å². The van der Waals surface area contributed by atoms with Gasteiger partial charge in [0, 0.05) is 12.1 Å². The molecule has 1 fully saturated rings. The summed E-state index contributed by atoms with van der Waals surface area (Å²) in [7, 11) is 1.58. The predicted molar refractivity (Wildman–Crippen MR) is 89.6 cm³/mol. The van der Waals surface area contributed by atoms with Crippen molar-refractivity contribution >= 4 is 17.5 Å². The summed E-state index contributed by atoms with van der Waals surface area (Å²) in [6, 6.07) is 7.44. The molecule has 3 rings (SSSR count). The van der Waals surface area contributed by atoms with Crippen molar-refractivity contribution in [2.24, 2.45) is 0 Å². The van der Waals surface area contributed by atoms with E-state index >= 15 is 0 Å². The maximum Gasteiger partial charge on any atom is 0.316 e. The molecule has 1 unspecified atom stereocenters. The first-order chi connectivity index (χ1) is 11.7. The Morgan fingerprint density at radius 2 is 2.12 bits per heavy atom. The van der Waals surface area contributed by atoms with E-state index in [1.165, 1.54) is 12.4 Å². The van der Waals surface area contributed by atoms with Gasteiger partial charge in [-0.15, -0.1) is 0 Å². The number of likely N-dealkylation sites (tertiary alicyclic amines) is 1. The molecule has 0 aliphatic carbocycles. The van der Waals surface area contributed by atoms with Crippen molar-refractivity contribution in [3.05, 3.63) is 47.2 Å². The zero-order valence-corrected chi connectivity index (χ0v) is 14.1. The molecule has 1 aliphatic heterocycles. The second-order valence-corrected chi connectivity index (χ2v) is 5.99. The number of hydrogen-bond acceptors (Lipinski definition) is 5. The molecule has 0 spiro atoms. The van der Waals surface area contributed by atoms with Crippen LogP contribution in [0.2, 0.25) is 5.02 Å². The number of halogens is 1. The van der Waals surface area contributed by atoms with Gasteiger partial charge in [-0.1, -0.05) is 17.7 Å². The van der Waals surface area contributed by atoms with Crippen molar-refractivity contribution in [1.82, 2.24) is 14.9 Å². The minimum absolute atomic E-state index is 0.0285. The molecule has 0 saturated carbocycles. The van der Waals surface area contributed by atoms with Crippen molar-refractivity contribution in [3.63, 3.8) is 0 Å². The molecule has 24 heavy (non-hydrogen) atoms. The Morgan fingerprint density at radius 3 is 2.88 bits per heavy atom. The normalized spacial score (nSPS) is 17.4. The summed E-state index contributed by atoms with van der Waals surface area (Å²) >= 11 is 5.77. The first-order valence-corrected chi connectivity index (χ1v) is 8.11. The van der Waals surface area contributed by atoms with Gasteiger partial charge in [0.2, 0.25) is 0 Å². The van der Waals surface area contributed by atoms with Gasteiger partial charge in [0.25, 0.3) is 5.91 Å². The highest BCUT2D eigenvalue weighted by atomic mass is 35.5. The minimum Gasteiger partial charge on any atom is -0.497 e. The number of amides is 1. The van der Waals surface area contributed by atoms with Gasteiger partial charge in [0.15, 0.2) is 0 Å². The Bertz CT molecular complexity index is 708. The fourth-order valence-corrected chi connectivity index (χ4v) is 2.77. The molecule has 0 radical (unpaired) electrons. The summed E-state index contributed by atoms with van der Waals surface area (Å²) in [6.45, 7) is 1.21. The molecule has 1 aromatic heterocycles. The lowest BCUT2D eigenvalue weighted by atomic mass is 10.1. The van der Waals surface area contributed by atoms with E-state index < -0.39 is 0 Å². The van der Waals surface area contributed by atoms with Gasteiger partial charge in [-0.25, -0.2) is 9.97 Å². The summed E-state index contributed by atoms with van der Waals surface area (Å²) in [4.78, 5) is 22.5. The molecule has 0 bridgehead atoms. The number of benzene rings is 1. The Balaban J connectivity index is 1.66. The van der Waals surface area contributed by atoms with Crippen LogP contribution in [0.4, 0.5) is 0 Å². The average Bonchev–Trinajstić information content (AvgIpc) is 2.63. The standard InChI is InChI=1S/C17H18ClN3O3/c1-23-14-5-2-4-12(8-14)16(22)21-7-3-6-15(11-21)24-17-19-9-13(18)10-20-17/h2,4-5,8-10,15H,3,6-7,11H2,1H3. The van der Waals surface area contributed by atoms with Crippen LogP contribution >= 0.6 is 11.6 Å². The van der Waals surface area contributed by atoms with Gasteiger partial charge < -0.3 is 14.4 Å². The van der Waals surface area contributed by atoms with Gasteiger partial charge in [-0.05, 0) is 31.0 Å². The molecule has 1 atom stereocenters. The third-order valence-electron chi connectivity index (χ3n) is 3.85. The number of hydrogen-bond donors (Lipinski definition) is 0. The van der Waals surface area contributed by atoms with Gasteiger partial charge in [-0.2, -0.15) is 0 Å². The van der Waals surface area contributed by atoms with Crippen molar-refractivity contribution in [2.45, 2.75) is 18.9 Å². The van der Waals surface area contributed by atoms with E-state index in [-0.39, 0.29) is 18.0 Å². The smallest absolute Gasteiger partial charge is 0.316 e. The molecule has 7 heteroatoms. The molecule has 1 amide bonds. The maximum atomic E-state index is 12.7. The lowest BCUT2D eigenvalue weighted by molar-refractivity contribution is 0.0515. The molecule has 1 aliphatic rings. The van der Waals surface area contributed by atoms with Crippen LogP contribution in [0, 0.1) is 0 Å². The Hall–Kier alpha value is -2.34. The third-order valence-corrected chi connectivity index (χ3v) is 4.05. The van der Waals surface area contributed by atoms with Crippen molar-refractivity contribution in [1.29, 1.82) is 0 Å². The van der Waals surface area contributed by atoms with E-state index in [0.29, 0.717) is 29.4 Å². The number of methoxy groups -OCH3 is 1. The number of carbonyl (C=O) groups is 1. The van der Waals surface area contributed by atoms with Crippen LogP contribution in [0.15, 0.2) is 36.7 Å². The van der Waals surface area contributed by atoms with Gasteiger partial charge in [0.05, 0.1) is 31.1 Å². The lowest BCUT2D eigenvalue weighted by Gasteiger charge is -2.32. The van der Waals surface area contributed by atoms with Crippen LogP contribution in [0.3, 0.4) is 0 Å². The monoisotopic (exact) mass is 347 g/mol. The van der Waals surface area contributed by atoms with Crippen LogP contribution in [-0.2, 0) is 0 Å². The molecular weight excluding hydrogens is 330 g/mol. The zero-order chi connectivity index (χ0) is 16.9. The Morgan fingerprint density at radius 1 is 1.33 bits per heavy atom. The zero-order valence-electron chi connectivity index (χ0n) is 13.3. The first-order valence-electron chi connectivity index (χ1n) is 7.73.